The van der Waals surface area contributed by atoms with Gasteiger partial charge in [0.15, 0.2) is 0 Å². The predicted molar refractivity (Wildman–Crippen MR) is 127 cm³/mol. The smallest absolute Gasteiger partial charge is 0.287 e. The fourth-order valence-corrected chi connectivity index (χ4v) is 3.74. The third-order valence-electron chi connectivity index (χ3n) is 5.54. The summed E-state index contributed by atoms with van der Waals surface area (Å²) in [6, 6.07) is 18.5. The summed E-state index contributed by atoms with van der Waals surface area (Å²) < 4.78 is 17.6. The lowest BCUT2D eigenvalue weighted by Gasteiger charge is -2.27. The summed E-state index contributed by atoms with van der Waals surface area (Å²) in [4.78, 5) is 28.4. The Bertz CT molecular complexity index is 1410. The van der Waals surface area contributed by atoms with Gasteiger partial charge in [-0.05, 0) is 54.3 Å². The molecule has 0 aliphatic carbocycles. The molecular weight excluding hydrogens is 468 g/mol. The van der Waals surface area contributed by atoms with Gasteiger partial charge < -0.3 is 14.2 Å². The van der Waals surface area contributed by atoms with Crippen LogP contribution in [0, 0.1) is 20.2 Å². The molecule has 4 aromatic rings. The largest absolute Gasteiger partial charge is 0.485 e. The van der Waals surface area contributed by atoms with E-state index in [1.54, 1.807) is 18.2 Å². The average Bonchev–Trinajstić information content (AvgIpc) is 2.89. The Labute approximate surface area is 204 Å². The van der Waals surface area contributed by atoms with Gasteiger partial charge in [0.2, 0.25) is 11.8 Å². The number of aryl methyl sites for hydroxylation is 1. The van der Waals surface area contributed by atoms with Crippen molar-refractivity contribution < 1.29 is 24.1 Å². The van der Waals surface area contributed by atoms with Gasteiger partial charge in [0.1, 0.15) is 35.7 Å². The molecular formula is C25H18N4O7. The normalized spacial score (nSPS) is 14.3. The zero-order valence-corrected chi connectivity index (χ0v) is 18.6. The first kappa shape index (κ1) is 22.7. The molecule has 0 spiro atoms. The van der Waals surface area contributed by atoms with Crippen molar-refractivity contribution in [2.45, 2.75) is 18.9 Å². The molecule has 5 rings (SSSR count). The van der Waals surface area contributed by atoms with Crippen molar-refractivity contribution in [3.8, 4) is 29.0 Å². The predicted octanol–water partition coefficient (Wildman–Crippen LogP) is 5.94. The maximum atomic E-state index is 10.8. The number of hydrogen-bond acceptors (Lipinski definition) is 9. The molecule has 1 atom stereocenters. The van der Waals surface area contributed by atoms with E-state index in [2.05, 4.69) is 9.97 Å². The van der Waals surface area contributed by atoms with E-state index in [1.165, 1.54) is 24.3 Å². The Balaban J connectivity index is 1.22. The number of benzene rings is 2. The van der Waals surface area contributed by atoms with Gasteiger partial charge in [-0.3, -0.25) is 20.2 Å². The van der Waals surface area contributed by atoms with Crippen LogP contribution >= 0.6 is 0 Å². The second-order valence-corrected chi connectivity index (χ2v) is 7.91. The van der Waals surface area contributed by atoms with Gasteiger partial charge in [-0.2, -0.15) is 0 Å². The topological polar surface area (TPSA) is 140 Å². The Hall–Kier alpha value is -5.06. The second-order valence-electron chi connectivity index (χ2n) is 7.91. The summed E-state index contributed by atoms with van der Waals surface area (Å²) in [7, 11) is 0. The van der Waals surface area contributed by atoms with Crippen LogP contribution in [0.25, 0.3) is 0 Å². The molecule has 0 amide bonds. The highest BCUT2D eigenvalue weighted by atomic mass is 16.6. The van der Waals surface area contributed by atoms with E-state index in [0.29, 0.717) is 11.5 Å². The van der Waals surface area contributed by atoms with Crippen LogP contribution in [-0.4, -0.2) is 19.8 Å². The fourth-order valence-electron chi connectivity index (χ4n) is 3.74. The van der Waals surface area contributed by atoms with Crippen LogP contribution in [0.15, 0.2) is 79.1 Å². The molecule has 1 aliphatic heterocycles. The van der Waals surface area contributed by atoms with Gasteiger partial charge in [0, 0.05) is 24.3 Å². The highest BCUT2D eigenvalue weighted by molar-refractivity contribution is 5.44. The molecule has 11 nitrogen and oxygen atoms in total. The maximum Gasteiger partial charge on any atom is 0.287 e. The van der Waals surface area contributed by atoms with Gasteiger partial charge >= 0.3 is 0 Å². The van der Waals surface area contributed by atoms with E-state index >= 15 is 0 Å². The first-order chi connectivity index (χ1) is 17.4. The van der Waals surface area contributed by atoms with Crippen molar-refractivity contribution >= 4 is 11.4 Å². The molecule has 1 unspecified atom stereocenters. The van der Waals surface area contributed by atoms with Crippen LogP contribution in [0.5, 0.6) is 29.0 Å². The molecule has 2 aromatic heterocycles. The summed E-state index contributed by atoms with van der Waals surface area (Å²) in [6.45, 7) is 0. The van der Waals surface area contributed by atoms with Crippen molar-refractivity contribution in [3.63, 3.8) is 0 Å². The highest BCUT2D eigenvalue weighted by Gasteiger charge is 2.22. The van der Waals surface area contributed by atoms with Crippen LogP contribution in [0.1, 0.15) is 23.7 Å². The van der Waals surface area contributed by atoms with Crippen molar-refractivity contribution in [1.29, 1.82) is 0 Å². The molecule has 2 aromatic carbocycles. The fraction of sp³-hybridized carbons (Fsp3) is 0.120. The number of nitrogens with zero attached hydrogens (tertiary/aromatic N) is 4. The van der Waals surface area contributed by atoms with E-state index in [4.69, 9.17) is 14.2 Å². The summed E-state index contributed by atoms with van der Waals surface area (Å²) in [5.41, 5.74) is 1.78. The monoisotopic (exact) mass is 486 g/mol. The van der Waals surface area contributed by atoms with Crippen LogP contribution in [0.2, 0.25) is 0 Å². The Morgan fingerprint density at radius 3 is 1.92 bits per heavy atom. The zero-order valence-electron chi connectivity index (χ0n) is 18.6. The molecule has 36 heavy (non-hydrogen) atoms. The average molecular weight is 486 g/mol. The molecule has 0 saturated carbocycles. The number of nitro groups is 2. The third-order valence-corrected chi connectivity index (χ3v) is 5.54. The first-order valence-corrected chi connectivity index (χ1v) is 10.9. The first-order valence-electron chi connectivity index (χ1n) is 10.9. The summed E-state index contributed by atoms with van der Waals surface area (Å²) in [5.74, 6) is 2.40. The molecule has 0 bridgehead atoms. The SMILES string of the molecule is O=[N+]([O-])c1ccc(Oc2ccc(C3CCc4cc(Oc5ccc([N+](=O)[O-])cn5)ccc4O3)cc2)nc1. The molecule has 0 fully saturated rings. The van der Waals surface area contributed by atoms with Crippen LogP contribution < -0.4 is 14.2 Å². The van der Waals surface area contributed by atoms with Crippen molar-refractivity contribution in [1.82, 2.24) is 9.97 Å². The molecule has 3 heterocycles. The van der Waals surface area contributed by atoms with Crippen LogP contribution in [-0.2, 0) is 6.42 Å². The van der Waals surface area contributed by atoms with Crippen molar-refractivity contribution in [3.05, 3.63) is 110 Å². The van der Waals surface area contributed by atoms with Gasteiger partial charge in [0.05, 0.1) is 9.85 Å². The molecule has 180 valence electrons. The van der Waals surface area contributed by atoms with Crippen LogP contribution in [0.4, 0.5) is 11.4 Å². The summed E-state index contributed by atoms with van der Waals surface area (Å²) in [6.07, 6.45) is 3.70. The molecule has 0 radical (unpaired) electrons. The summed E-state index contributed by atoms with van der Waals surface area (Å²) >= 11 is 0. The summed E-state index contributed by atoms with van der Waals surface area (Å²) in [5, 5.41) is 21.5. The number of pyridine rings is 2. The highest BCUT2D eigenvalue weighted by Crippen LogP contribution is 2.38. The number of aromatic nitrogens is 2. The van der Waals surface area contributed by atoms with Crippen molar-refractivity contribution in [2.24, 2.45) is 0 Å². The van der Waals surface area contributed by atoms with E-state index in [1.807, 2.05) is 24.3 Å². The lowest BCUT2D eigenvalue weighted by atomic mass is 9.97. The lowest BCUT2D eigenvalue weighted by Crippen LogP contribution is -2.15. The lowest BCUT2D eigenvalue weighted by molar-refractivity contribution is -0.385. The minimum atomic E-state index is -0.516. The van der Waals surface area contributed by atoms with E-state index in [9.17, 15) is 20.2 Å². The number of fused-ring (bicyclic) bond motifs is 1. The Morgan fingerprint density at radius 1 is 0.778 bits per heavy atom. The van der Waals surface area contributed by atoms with Gasteiger partial charge in [-0.1, -0.05) is 12.1 Å². The van der Waals surface area contributed by atoms with Gasteiger partial charge in [-0.15, -0.1) is 0 Å². The van der Waals surface area contributed by atoms with Gasteiger partial charge in [-0.25, -0.2) is 9.97 Å². The molecule has 11 heteroatoms. The second kappa shape index (κ2) is 9.66. The third kappa shape index (κ3) is 5.04. The zero-order chi connectivity index (χ0) is 25.1. The standard InChI is InChI=1S/C25H18N4O7/c30-28(31)18-4-11-24(26-14-18)34-20-6-1-16(2-7-20)22-9-3-17-13-21(8-10-23(17)36-22)35-25-12-5-19(15-27-25)29(32)33/h1-2,4-8,10-15,22H,3,9H2. The Morgan fingerprint density at radius 2 is 1.36 bits per heavy atom. The minimum absolute atomic E-state index is 0.102. The molecule has 0 saturated heterocycles. The van der Waals surface area contributed by atoms with E-state index in [0.717, 1.165) is 42.1 Å². The van der Waals surface area contributed by atoms with Crippen LogP contribution in [0.3, 0.4) is 0 Å². The van der Waals surface area contributed by atoms with Gasteiger partial charge in [0.25, 0.3) is 11.4 Å². The number of ether oxygens (including phenoxy) is 3. The Kier molecular flexibility index (Phi) is 6.10. The van der Waals surface area contributed by atoms with E-state index in [-0.39, 0.29) is 29.2 Å². The minimum Gasteiger partial charge on any atom is -0.485 e. The molecule has 0 N–H and O–H groups in total. The molecule has 1 aliphatic rings. The number of rotatable bonds is 7. The number of hydrogen-bond donors (Lipinski definition) is 0. The quantitative estimate of drug-likeness (QED) is 0.229. The van der Waals surface area contributed by atoms with E-state index < -0.39 is 9.85 Å². The van der Waals surface area contributed by atoms with Crippen molar-refractivity contribution in [2.75, 3.05) is 0 Å². The maximum absolute atomic E-state index is 10.8.